The van der Waals surface area contributed by atoms with E-state index in [1.807, 2.05) is 0 Å². The van der Waals surface area contributed by atoms with Gasteiger partial charge in [-0.05, 0) is 30.3 Å². The van der Waals surface area contributed by atoms with Gasteiger partial charge in [0, 0.05) is 0 Å². The maximum Gasteiger partial charge on any atom is -0.0127 e. The fourth-order valence-electron chi connectivity index (χ4n) is 2.30. The molecule has 0 N–H and O–H groups in total. The predicted octanol–water partition coefficient (Wildman–Crippen LogP) is 2.92. The lowest BCUT2D eigenvalue weighted by Gasteiger charge is -2.05. The van der Waals surface area contributed by atoms with E-state index in [2.05, 4.69) is 26.0 Å². The van der Waals surface area contributed by atoms with Gasteiger partial charge in [0.05, 0.1) is 0 Å². The molecule has 0 amide bonds. The molecule has 10 heavy (non-hydrogen) atoms. The summed E-state index contributed by atoms with van der Waals surface area (Å²) in [6.07, 6.45) is 7.25. The molecule has 0 fully saturated rings. The quantitative estimate of drug-likeness (QED) is 0.478. The summed E-state index contributed by atoms with van der Waals surface area (Å²) in [5.41, 5.74) is 3.36. The van der Waals surface area contributed by atoms with E-state index in [-0.39, 0.29) is 0 Å². The Morgan fingerprint density at radius 1 is 1.30 bits per heavy atom. The molecule has 0 saturated heterocycles. The largest absolute Gasteiger partial charge is 0.0802 e. The van der Waals surface area contributed by atoms with Gasteiger partial charge >= 0.3 is 0 Å². The molecule has 0 nitrogen and oxygen atoms in total. The zero-order valence-electron chi connectivity index (χ0n) is 6.72. The standard InChI is InChI=1S/C10H14/c1-7-6-8(2)10-5-3-4-9(7)10/h3-4,7-8H,5-6H2,1-2H3/t7-,8?/m1/s1. The first kappa shape index (κ1) is 6.21. The van der Waals surface area contributed by atoms with Gasteiger partial charge in [-0.3, -0.25) is 0 Å². The number of hydrogen-bond donors (Lipinski definition) is 0. The maximum atomic E-state index is 2.35. The van der Waals surface area contributed by atoms with Gasteiger partial charge in [-0.15, -0.1) is 0 Å². The van der Waals surface area contributed by atoms with E-state index in [1.54, 1.807) is 11.1 Å². The van der Waals surface area contributed by atoms with Crippen molar-refractivity contribution < 1.29 is 0 Å². The van der Waals surface area contributed by atoms with Crippen molar-refractivity contribution in [1.29, 1.82) is 0 Å². The number of rotatable bonds is 0. The Kier molecular flexibility index (Phi) is 1.23. The second-order valence-electron chi connectivity index (χ2n) is 3.62. The highest BCUT2D eigenvalue weighted by atomic mass is 14.3. The molecule has 2 rings (SSSR count). The topological polar surface area (TPSA) is 0 Å². The number of hydrogen-bond acceptors (Lipinski definition) is 0. The van der Waals surface area contributed by atoms with Crippen LogP contribution in [0, 0.1) is 11.8 Å². The third-order valence-corrected chi connectivity index (χ3v) is 2.84. The van der Waals surface area contributed by atoms with E-state index in [4.69, 9.17) is 0 Å². The minimum Gasteiger partial charge on any atom is -0.0802 e. The Morgan fingerprint density at radius 3 is 2.80 bits per heavy atom. The van der Waals surface area contributed by atoms with Crippen LogP contribution < -0.4 is 0 Å². The predicted molar refractivity (Wildman–Crippen MR) is 43.7 cm³/mol. The summed E-state index contributed by atoms with van der Waals surface area (Å²) in [6, 6.07) is 0. The van der Waals surface area contributed by atoms with Crippen LogP contribution >= 0.6 is 0 Å². The average molecular weight is 134 g/mol. The van der Waals surface area contributed by atoms with Crippen LogP contribution in [0.2, 0.25) is 0 Å². The lowest BCUT2D eigenvalue weighted by Crippen LogP contribution is -1.93. The van der Waals surface area contributed by atoms with Crippen LogP contribution in [-0.4, -0.2) is 0 Å². The van der Waals surface area contributed by atoms with Gasteiger partial charge in [-0.1, -0.05) is 31.6 Å². The molecule has 0 aromatic rings. The van der Waals surface area contributed by atoms with Crippen LogP contribution in [0.15, 0.2) is 23.3 Å². The molecule has 0 aliphatic heterocycles. The highest BCUT2D eigenvalue weighted by Crippen LogP contribution is 2.41. The SMILES string of the molecule is CC1C[C@@H](C)C2=C1CC=C2. The summed E-state index contributed by atoms with van der Waals surface area (Å²) < 4.78 is 0. The minimum atomic E-state index is 0.837. The molecule has 2 atom stereocenters. The Labute approximate surface area is 62.6 Å². The van der Waals surface area contributed by atoms with Crippen molar-refractivity contribution >= 4 is 0 Å². The molecule has 0 heteroatoms. The van der Waals surface area contributed by atoms with E-state index >= 15 is 0 Å². The fraction of sp³-hybridized carbons (Fsp3) is 0.600. The summed E-state index contributed by atoms with van der Waals surface area (Å²) in [5, 5.41) is 0. The van der Waals surface area contributed by atoms with Gasteiger partial charge in [-0.2, -0.15) is 0 Å². The van der Waals surface area contributed by atoms with Crippen molar-refractivity contribution in [3.63, 3.8) is 0 Å². The van der Waals surface area contributed by atoms with E-state index in [1.165, 1.54) is 12.8 Å². The van der Waals surface area contributed by atoms with Crippen molar-refractivity contribution in [1.82, 2.24) is 0 Å². The second-order valence-corrected chi connectivity index (χ2v) is 3.62. The van der Waals surface area contributed by atoms with Crippen LogP contribution in [-0.2, 0) is 0 Å². The highest BCUT2D eigenvalue weighted by molar-refractivity contribution is 5.40. The van der Waals surface area contributed by atoms with E-state index in [0.717, 1.165) is 11.8 Å². The fourth-order valence-corrected chi connectivity index (χ4v) is 2.30. The van der Waals surface area contributed by atoms with Crippen LogP contribution in [0.5, 0.6) is 0 Å². The monoisotopic (exact) mass is 134 g/mol. The molecular formula is C10H14. The first-order valence-corrected chi connectivity index (χ1v) is 4.18. The van der Waals surface area contributed by atoms with Crippen molar-refractivity contribution in [2.24, 2.45) is 11.8 Å². The summed E-state index contributed by atoms with van der Waals surface area (Å²) in [7, 11) is 0. The minimum absolute atomic E-state index is 0.837. The van der Waals surface area contributed by atoms with Gasteiger partial charge in [0.2, 0.25) is 0 Å². The molecule has 54 valence electrons. The van der Waals surface area contributed by atoms with Gasteiger partial charge in [0.1, 0.15) is 0 Å². The van der Waals surface area contributed by atoms with E-state index in [0.29, 0.717) is 0 Å². The lowest BCUT2D eigenvalue weighted by molar-refractivity contribution is 0.564. The summed E-state index contributed by atoms with van der Waals surface area (Å²) in [5.74, 6) is 1.70. The lowest BCUT2D eigenvalue weighted by atomic mass is 10.0. The van der Waals surface area contributed by atoms with Gasteiger partial charge in [0.25, 0.3) is 0 Å². The van der Waals surface area contributed by atoms with E-state index < -0.39 is 0 Å². The summed E-state index contributed by atoms with van der Waals surface area (Å²) in [4.78, 5) is 0. The van der Waals surface area contributed by atoms with Crippen LogP contribution in [0.3, 0.4) is 0 Å². The summed E-state index contributed by atoms with van der Waals surface area (Å²) >= 11 is 0. The van der Waals surface area contributed by atoms with Crippen molar-refractivity contribution in [2.75, 3.05) is 0 Å². The van der Waals surface area contributed by atoms with Crippen molar-refractivity contribution in [2.45, 2.75) is 26.7 Å². The Hall–Kier alpha value is -0.520. The Bertz CT molecular complexity index is 208. The summed E-state index contributed by atoms with van der Waals surface area (Å²) in [6.45, 7) is 4.69. The molecule has 0 saturated carbocycles. The maximum absolute atomic E-state index is 2.35. The highest BCUT2D eigenvalue weighted by Gasteiger charge is 2.27. The van der Waals surface area contributed by atoms with Gasteiger partial charge < -0.3 is 0 Å². The first-order chi connectivity index (χ1) is 4.79. The molecular weight excluding hydrogens is 120 g/mol. The number of allylic oxidation sites excluding steroid dienone is 4. The Morgan fingerprint density at radius 2 is 2.10 bits per heavy atom. The normalized spacial score (nSPS) is 37.4. The Balaban J connectivity index is 2.34. The molecule has 0 aromatic heterocycles. The molecule has 0 radical (unpaired) electrons. The molecule has 0 bridgehead atoms. The average Bonchev–Trinajstić information content (AvgIpc) is 2.39. The van der Waals surface area contributed by atoms with Crippen LogP contribution in [0.25, 0.3) is 0 Å². The zero-order chi connectivity index (χ0) is 7.14. The van der Waals surface area contributed by atoms with Crippen molar-refractivity contribution in [3.05, 3.63) is 23.3 Å². The van der Waals surface area contributed by atoms with Crippen LogP contribution in [0.1, 0.15) is 26.7 Å². The third-order valence-electron chi connectivity index (χ3n) is 2.84. The molecule has 0 heterocycles. The molecule has 0 spiro atoms. The third kappa shape index (κ3) is 0.681. The molecule has 2 aliphatic carbocycles. The molecule has 0 aromatic carbocycles. The van der Waals surface area contributed by atoms with Crippen molar-refractivity contribution in [3.8, 4) is 0 Å². The smallest absolute Gasteiger partial charge is 0.0127 e. The van der Waals surface area contributed by atoms with Crippen LogP contribution in [0.4, 0.5) is 0 Å². The molecule has 2 aliphatic rings. The van der Waals surface area contributed by atoms with E-state index in [9.17, 15) is 0 Å². The molecule has 1 unspecified atom stereocenters. The zero-order valence-corrected chi connectivity index (χ0v) is 6.72. The first-order valence-electron chi connectivity index (χ1n) is 4.18. The van der Waals surface area contributed by atoms with Gasteiger partial charge in [0.15, 0.2) is 0 Å². The van der Waals surface area contributed by atoms with Gasteiger partial charge in [-0.25, -0.2) is 0 Å². The second kappa shape index (κ2) is 1.98.